The molecule has 0 spiro atoms. The molecule has 0 heterocycles. The van der Waals surface area contributed by atoms with E-state index in [9.17, 15) is 26.5 Å². The molecule has 0 saturated carbocycles. The van der Waals surface area contributed by atoms with Crippen LogP contribution in [0.2, 0.25) is 6.32 Å². The Bertz CT molecular complexity index is 306. The average Bonchev–Trinajstić information content (AvgIpc) is 2.09. The molecule has 20 heavy (non-hydrogen) atoms. The van der Waals surface area contributed by atoms with E-state index < -0.39 is 44.3 Å². The Morgan fingerprint density at radius 1 is 1.25 bits per heavy atom. The first-order valence-corrected chi connectivity index (χ1v) is 5.99. The van der Waals surface area contributed by atoms with E-state index in [2.05, 4.69) is 4.74 Å². The van der Waals surface area contributed by atoms with Crippen LogP contribution in [-0.2, 0) is 9.47 Å². The van der Waals surface area contributed by atoms with E-state index in [1.165, 1.54) is 0 Å². The summed E-state index contributed by atoms with van der Waals surface area (Å²) in [5.74, 6) is 0. The number of carbonyl (C=O) groups is 1. The standard InChI is InChI=1S/C10H18BF5NO3/c1-10(2,3)20-9(18)17-7(6-11(14,15)16)4-5-19-8(12)13/h7-8H,4-6H2,1-3H3,(H,17,18)/q-1. The molecule has 10 heteroatoms. The summed E-state index contributed by atoms with van der Waals surface area (Å²) < 4.78 is 69.3. The summed E-state index contributed by atoms with van der Waals surface area (Å²) in [6.07, 6.45) is -2.70. The Morgan fingerprint density at radius 3 is 2.20 bits per heavy atom. The third-order valence-electron chi connectivity index (χ3n) is 1.98. The number of halogens is 5. The van der Waals surface area contributed by atoms with Crippen molar-refractivity contribution >= 4 is 13.1 Å². The van der Waals surface area contributed by atoms with Gasteiger partial charge in [-0.15, -0.1) is 0 Å². The van der Waals surface area contributed by atoms with Gasteiger partial charge in [-0.25, -0.2) is 4.79 Å². The summed E-state index contributed by atoms with van der Waals surface area (Å²) in [5.41, 5.74) is -0.864. The minimum Gasteiger partial charge on any atom is -0.449 e. The summed E-state index contributed by atoms with van der Waals surface area (Å²) in [6.45, 7) is -4.17. The van der Waals surface area contributed by atoms with Crippen LogP contribution in [0.5, 0.6) is 0 Å². The van der Waals surface area contributed by atoms with E-state index in [1.54, 1.807) is 20.8 Å². The van der Waals surface area contributed by atoms with Crippen molar-refractivity contribution in [1.82, 2.24) is 5.32 Å². The van der Waals surface area contributed by atoms with E-state index >= 15 is 0 Å². The van der Waals surface area contributed by atoms with Gasteiger partial charge < -0.3 is 27.7 Å². The minimum absolute atomic E-state index is 0.384. The lowest BCUT2D eigenvalue weighted by Gasteiger charge is -2.26. The molecular weight excluding hydrogens is 288 g/mol. The quantitative estimate of drug-likeness (QED) is 0.579. The van der Waals surface area contributed by atoms with Crippen LogP contribution in [-0.4, -0.2) is 37.9 Å². The second-order valence-electron chi connectivity index (χ2n) is 5.21. The number of alkyl halides is 2. The van der Waals surface area contributed by atoms with Crippen LogP contribution in [0.25, 0.3) is 0 Å². The molecule has 0 bridgehead atoms. The number of amides is 1. The zero-order valence-electron chi connectivity index (χ0n) is 11.5. The highest BCUT2D eigenvalue weighted by Gasteiger charge is 2.29. The molecule has 0 aliphatic rings. The van der Waals surface area contributed by atoms with Gasteiger partial charge in [-0.3, -0.25) is 0 Å². The lowest BCUT2D eigenvalue weighted by Crippen LogP contribution is -2.42. The topological polar surface area (TPSA) is 47.6 Å². The van der Waals surface area contributed by atoms with Gasteiger partial charge in [0.25, 0.3) is 0 Å². The molecule has 0 fully saturated rings. The third-order valence-corrected chi connectivity index (χ3v) is 1.98. The number of nitrogens with one attached hydrogen (secondary N) is 1. The molecule has 1 atom stereocenters. The minimum atomic E-state index is -5.17. The Labute approximate surface area is 114 Å². The Kier molecular flexibility index (Phi) is 7.25. The highest BCUT2D eigenvalue weighted by atomic mass is 19.4. The zero-order chi connectivity index (χ0) is 16.0. The van der Waals surface area contributed by atoms with Gasteiger partial charge in [0.2, 0.25) is 0 Å². The number of carbonyl (C=O) groups excluding carboxylic acids is 1. The lowest BCUT2D eigenvalue weighted by molar-refractivity contribution is -0.130. The monoisotopic (exact) mass is 306 g/mol. The molecule has 0 aliphatic carbocycles. The summed E-state index contributed by atoms with van der Waals surface area (Å²) in [4.78, 5) is 11.4. The highest BCUT2D eigenvalue weighted by Crippen LogP contribution is 2.19. The lowest BCUT2D eigenvalue weighted by atomic mass is 9.80. The van der Waals surface area contributed by atoms with Gasteiger partial charge in [0.15, 0.2) is 0 Å². The predicted molar refractivity (Wildman–Crippen MR) is 63.6 cm³/mol. The average molecular weight is 306 g/mol. The summed E-state index contributed by atoms with van der Waals surface area (Å²) in [6, 6.07) is -1.36. The molecule has 0 rings (SSSR count). The van der Waals surface area contributed by atoms with Gasteiger partial charge >= 0.3 is 19.7 Å². The summed E-state index contributed by atoms with van der Waals surface area (Å²) in [7, 11) is 0. The molecule has 1 amide bonds. The van der Waals surface area contributed by atoms with Crippen LogP contribution < -0.4 is 5.32 Å². The maximum Gasteiger partial charge on any atom is 0.480 e. The van der Waals surface area contributed by atoms with Crippen molar-refractivity contribution in [2.45, 2.75) is 51.8 Å². The van der Waals surface area contributed by atoms with Crippen molar-refractivity contribution in [3.63, 3.8) is 0 Å². The van der Waals surface area contributed by atoms with Crippen molar-refractivity contribution in [3.05, 3.63) is 0 Å². The first kappa shape index (κ1) is 18.9. The van der Waals surface area contributed by atoms with Crippen molar-refractivity contribution < 1.29 is 36.0 Å². The van der Waals surface area contributed by atoms with E-state index in [1.807, 2.05) is 5.32 Å². The fraction of sp³-hybridized carbons (Fsp3) is 0.900. The molecule has 120 valence electrons. The molecule has 1 N–H and O–H groups in total. The van der Waals surface area contributed by atoms with E-state index in [0.717, 1.165) is 0 Å². The largest absolute Gasteiger partial charge is 0.480 e. The van der Waals surface area contributed by atoms with Gasteiger partial charge in [0.05, 0.1) is 6.61 Å². The number of hydrogen-bond acceptors (Lipinski definition) is 3. The molecule has 0 aromatic heterocycles. The third kappa shape index (κ3) is 12.0. The fourth-order valence-corrected chi connectivity index (χ4v) is 1.35. The predicted octanol–water partition coefficient (Wildman–Crippen LogP) is 3.36. The van der Waals surface area contributed by atoms with Crippen LogP contribution in [0.15, 0.2) is 0 Å². The van der Waals surface area contributed by atoms with Gasteiger partial charge in [-0.05, 0) is 27.2 Å². The maximum absolute atomic E-state index is 12.4. The second-order valence-corrected chi connectivity index (χ2v) is 5.21. The molecule has 0 saturated heterocycles. The molecule has 0 aromatic carbocycles. The second kappa shape index (κ2) is 7.65. The molecule has 4 nitrogen and oxygen atoms in total. The molecule has 0 radical (unpaired) electrons. The van der Waals surface area contributed by atoms with E-state index in [4.69, 9.17) is 4.74 Å². The van der Waals surface area contributed by atoms with Crippen molar-refractivity contribution in [3.8, 4) is 0 Å². The van der Waals surface area contributed by atoms with E-state index in [-0.39, 0.29) is 6.42 Å². The maximum atomic E-state index is 12.4. The fourth-order valence-electron chi connectivity index (χ4n) is 1.35. The summed E-state index contributed by atoms with van der Waals surface area (Å²) in [5, 5.41) is 2.01. The van der Waals surface area contributed by atoms with Crippen molar-refractivity contribution in [2.24, 2.45) is 0 Å². The van der Waals surface area contributed by atoms with Crippen LogP contribution in [0.1, 0.15) is 27.2 Å². The number of rotatable bonds is 7. The zero-order valence-corrected chi connectivity index (χ0v) is 11.5. The molecular formula is C10H18BF5NO3-. The van der Waals surface area contributed by atoms with Gasteiger partial charge in [0.1, 0.15) is 5.60 Å². The van der Waals surface area contributed by atoms with Crippen molar-refractivity contribution in [2.75, 3.05) is 6.61 Å². The van der Waals surface area contributed by atoms with Crippen LogP contribution in [0.4, 0.5) is 26.5 Å². The molecule has 0 aliphatic heterocycles. The Balaban J connectivity index is 4.41. The summed E-state index contributed by atoms with van der Waals surface area (Å²) >= 11 is 0. The van der Waals surface area contributed by atoms with Crippen LogP contribution in [0.3, 0.4) is 0 Å². The number of ether oxygens (including phenoxy) is 2. The normalized spacial score (nSPS) is 14.2. The SMILES string of the molecule is CC(C)(C)OC(=O)NC(CCOC(F)F)C[B-](F)(F)F. The highest BCUT2D eigenvalue weighted by molar-refractivity contribution is 6.58. The van der Waals surface area contributed by atoms with Crippen LogP contribution in [0, 0.1) is 0 Å². The molecule has 1 unspecified atom stereocenters. The molecule has 0 aromatic rings. The number of hydrogen-bond donors (Lipinski definition) is 1. The van der Waals surface area contributed by atoms with Gasteiger partial charge in [0, 0.05) is 6.04 Å². The number of alkyl carbamates (subject to hydrolysis) is 1. The Morgan fingerprint density at radius 2 is 1.80 bits per heavy atom. The van der Waals surface area contributed by atoms with Gasteiger partial charge in [-0.1, -0.05) is 6.32 Å². The first-order valence-electron chi connectivity index (χ1n) is 5.99. The van der Waals surface area contributed by atoms with E-state index in [0.29, 0.717) is 0 Å². The van der Waals surface area contributed by atoms with Gasteiger partial charge in [-0.2, -0.15) is 8.78 Å². The Hall–Kier alpha value is -1.06. The van der Waals surface area contributed by atoms with Crippen LogP contribution >= 0.6 is 0 Å². The smallest absolute Gasteiger partial charge is 0.449 e. The first-order chi connectivity index (χ1) is 8.89. The van der Waals surface area contributed by atoms with Crippen molar-refractivity contribution in [1.29, 1.82) is 0 Å².